The molecule has 4 aromatic heterocycles. The Kier molecular flexibility index (Phi) is 4.51. The summed E-state index contributed by atoms with van der Waals surface area (Å²) < 4.78 is 8.26. The number of fused-ring (bicyclic) bond motifs is 2. The molecule has 158 valence electrons. The first-order chi connectivity index (χ1) is 16.3. The molecule has 0 aliphatic rings. The van der Waals surface area contributed by atoms with Gasteiger partial charge in [-0.2, -0.15) is 0 Å². The SMILES string of the molecule is Cn1cc(-c2cccc(Oc3nccnc3-c3cncnc3)c2)c2nc3ccccc3cc21. The summed E-state index contributed by atoms with van der Waals surface area (Å²) in [5.41, 5.74) is 6.38. The Morgan fingerprint density at radius 3 is 2.61 bits per heavy atom. The highest BCUT2D eigenvalue weighted by atomic mass is 16.5. The second-order valence-corrected chi connectivity index (χ2v) is 7.67. The molecule has 0 saturated heterocycles. The Hall–Kier alpha value is -4.65. The molecule has 33 heavy (non-hydrogen) atoms. The summed E-state index contributed by atoms with van der Waals surface area (Å²) in [5, 5.41) is 1.12. The van der Waals surface area contributed by atoms with Crippen molar-refractivity contribution in [2.75, 3.05) is 0 Å². The third-order valence-corrected chi connectivity index (χ3v) is 5.52. The van der Waals surface area contributed by atoms with E-state index in [-0.39, 0.29) is 0 Å². The predicted molar refractivity (Wildman–Crippen MR) is 127 cm³/mol. The maximum Gasteiger partial charge on any atom is 0.246 e. The molecule has 0 fully saturated rings. The maximum atomic E-state index is 6.16. The largest absolute Gasteiger partial charge is 0.437 e. The van der Waals surface area contributed by atoms with Gasteiger partial charge in [-0.15, -0.1) is 0 Å². The molecule has 0 saturated carbocycles. The van der Waals surface area contributed by atoms with Crippen LogP contribution < -0.4 is 4.74 Å². The molecule has 0 radical (unpaired) electrons. The lowest BCUT2D eigenvalue weighted by Gasteiger charge is -2.10. The Morgan fingerprint density at radius 1 is 0.848 bits per heavy atom. The van der Waals surface area contributed by atoms with Crippen LogP contribution in [0.3, 0.4) is 0 Å². The molecule has 6 aromatic rings. The summed E-state index contributed by atoms with van der Waals surface area (Å²) >= 11 is 0. The molecular formula is C26H18N6O. The summed E-state index contributed by atoms with van der Waals surface area (Å²) in [6, 6.07) is 18.2. The molecule has 2 aromatic carbocycles. The fraction of sp³-hybridized carbons (Fsp3) is 0.0385. The van der Waals surface area contributed by atoms with Crippen LogP contribution in [-0.2, 0) is 7.05 Å². The molecule has 0 N–H and O–H groups in total. The van der Waals surface area contributed by atoms with E-state index in [0.29, 0.717) is 17.3 Å². The third-order valence-electron chi connectivity index (χ3n) is 5.52. The molecule has 0 aliphatic carbocycles. The van der Waals surface area contributed by atoms with Crippen molar-refractivity contribution >= 4 is 21.9 Å². The van der Waals surface area contributed by atoms with Gasteiger partial charge in [0, 0.05) is 54.5 Å². The summed E-state index contributed by atoms with van der Waals surface area (Å²) in [7, 11) is 2.04. The minimum Gasteiger partial charge on any atom is -0.437 e. The van der Waals surface area contributed by atoms with Gasteiger partial charge in [-0.25, -0.2) is 24.9 Å². The van der Waals surface area contributed by atoms with E-state index in [0.717, 1.165) is 38.6 Å². The van der Waals surface area contributed by atoms with Crippen LogP contribution in [0.4, 0.5) is 0 Å². The molecule has 0 unspecified atom stereocenters. The smallest absolute Gasteiger partial charge is 0.246 e. The number of aryl methyl sites for hydroxylation is 1. The van der Waals surface area contributed by atoms with Gasteiger partial charge in [0.25, 0.3) is 0 Å². The molecular weight excluding hydrogens is 412 g/mol. The van der Waals surface area contributed by atoms with Crippen molar-refractivity contribution in [1.82, 2.24) is 29.5 Å². The van der Waals surface area contributed by atoms with E-state index in [1.54, 1.807) is 24.8 Å². The van der Waals surface area contributed by atoms with Crippen LogP contribution in [0.25, 0.3) is 44.3 Å². The van der Waals surface area contributed by atoms with Crippen LogP contribution in [0, 0.1) is 0 Å². The number of hydrogen-bond acceptors (Lipinski definition) is 6. The zero-order valence-corrected chi connectivity index (χ0v) is 17.8. The maximum absolute atomic E-state index is 6.16. The van der Waals surface area contributed by atoms with Gasteiger partial charge in [0.2, 0.25) is 5.88 Å². The number of rotatable bonds is 4. The minimum atomic E-state index is 0.395. The van der Waals surface area contributed by atoms with Crippen LogP contribution in [0.5, 0.6) is 11.6 Å². The summed E-state index contributed by atoms with van der Waals surface area (Å²) in [6.45, 7) is 0. The zero-order valence-electron chi connectivity index (χ0n) is 17.8. The first-order valence-electron chi connectivity index (χ1n) is 10.5. The van der Waals surface area contributed by atoms with Gasteiger partial charge in [-0.1, -0.05) is 30.3 Å². The lowest BCUT2D eigenvalue weighted by atomic mass is 10.1. The molecule has 6 rings (SSSR count). The quantitative estimate of drug-likeness (QED) is 0.371. The van der Waals surface area contributed by atoms with Crippen molar-refractivity contribution in [3.05, 3.63) is 91.9 Å². The van der Waals surface area contributed by atoms with E-state index in [9.17, 15) is 0 Å². The van der Waals surface area contributed by atoms with Crippen LogP contribution in [0.15, 0.2) is 91.9 Å². The van der Waals surface area contributed by atoms with Gasteiger partial charge in [-0.05, 0) is 29.8 Å². The van der Waals surface area contributed by atoms with Crippen LogP contribution in [0.1, 0.15) is 0 Å². The molecule has 0 bridgehead atoms. The lowest BCUT2D eigenvalue weighted by Crippen LogP contribution is -1.95. The van der Waals surface area contributed by atoms with Crippen LogP contribution in [-0.4, -0.2) is 29.5 Å². The van der Waals surface area contributed by atoms with Crippen molar-refractivity contribution in [2.45, 2.75) is 0 Å². The summed E-state index contributed by atoms with van der Waals surface area (Å²) in [6.07, 6.45) is 10.2. The van der Waals surface area contributed by atoms with Crippen LogP contribution >= 0.6 is 0 Å². The number of hydrogen-bond donors (Lipinski definition) is 0. The fourth-order valence-electron chi connectivity index (χ4n) is 3.97. The number of nitrogens with zero attached hydrogens (tertiary/aromatic N) is 6. The Balaban J connectivity index is 1.42. The monoisotopic (exact) mass is 430 g/mol. The van der Waals surface area contributed by atoms with Gasteiger partial charge in [-0.3, -0.25) is 0 Å². The number of ether oxygens (including phenoxy) is 1. The molecule has 7 nitrogen and oxygen atoms in total. The second-order valence-electron chi connectivity index (χ2n) is 7.67. The zero-order chi connectivity index (χ0) is 22.2. The lowest BCUT2D eigenvalue weighted by molar-refractivity contribution is 0.462. The first-order valence-corrected chi connectivity index (χ1v) is 10.5. The minimum absolute atomic E-state index is 0.395. The standard InChI is InChI=1S/C26H18N6O/c1-32-15-21(25-23(32)12-18-5-2-3-8-22(18)31-25)17-6-4-7-20(11-17)33-26-24(29-9-10-30-26)19-13-27-16-28-14-19/h2-16H,1H3. The molecule has 0 atom stereocenters. The molecule has 0 amide bonds. The summed E-state index contributed by atoms with van der Waals surface area (Å²) in [4.78, 5) is 21.9. The van der Waals surface area contributed by atoms with Crippen molar-refractivity contribution in [3.8, 4) is 34.0 Å². The summed E-state index contributed by atoms with van der Waals surface area (Å²) in [5.74, 6) is 1.05. The van der Waals surface area contributed by atoms with E-state index in [4.69, 9.17) is 9.72 Å². The topological polar surface area (TPSA) is 78.6 Å². The van der Waals surface area contributed by atoms with Gasteiger partial charge in [0.1, 0.15) is 17.8 Å². The predicted octanol–water partition coefficient (Wildman–Crippen LogP) is 5.43. The number of para-hydroxylation sites is 1. The Bertz CT molecular complexity index is 1610. The van der Waals surface area contributed by atoms with Crippen molar-refractivity contribution < 1.29 is 4.74 Å². The molecule has 7 heteroatoms. The number of benzene rings is 2. The Labute approximate surface area is 189 Å². The molecule has 4 heterocycles. The Morgan fingerprint density at radius 2 is 1.70 bits per heavy atom. The van der Waals surface area contributed by atoms with Gasteiger partial charge < -0.3 is 9.30 Å². The van der Waals surface area contributed by atoms with Crippen molar-refractivity contribution in [1.29, 1.82) is 0 Å². The second kappa shape index (κ2) is 7.80. The number of aromatic nitrogens is 6. The van der Waals surface area contributed by atoms with Gasteiger partial charge in [0.05, 0.1) is 16.6 Å². The van der Waals surface area contributed by atoms with E-state index in [2.05, 4.69) is 48.9 Å². The van der Waals surface area contributed by atoms with E-state index in [1.807, 2.05) is 43.4 Å². The van der Waals surface area contributed by atoms with Crippen molar-refractivity contribution in [3.63, 3.8) is 0 Å². The molecule has 0 spiro atoms. The van der Waals surface area contributed by atoms with Gasteiger partial charge in [0.15, 0.2) is 0 Å². The van der Waals surface area contributed by atoms with E-state index in [1.165, 1.54) is 6.33 Å². The average Bonchev–Trinajstić information content (AvgIpc) is 3.19. The first kappa shape index (κ1) is 19.1. The van der Waals surface area contributed by atoms with Crippen LogP contribution in [0.2, 0.25) is 0 Å². The number of pyridine rings is 1. The average molecular weight is 430 g/mol. The highest BCUT2D eigenvalue weighted by molar-refractivity contribution is 5.99. The fourth-order valence-corrected chi connectivity index (χ4v) is 3.97. The normalized spacial score (nSPS) is 11.2. The van der Waals surface area contributed by atoms with E-state index >= 15 is 0 Å². The van der Waals surface area contributed by atoms with Gasteiger partial charge >= 0.3 is 0 Å². The highest BCUT2D eigenvalue weighted by Crippen LogP contribution is 2.34. The van der Waals surface area contributed by atoms with E-state index < -0.39 is 0 Å². The third kappa shape index (κ3) is 3.45. The molecule has 0 aliphatic heterocycles. The highest BCUT2D eigenvalue weighted by Gasteiger charge is 2.14. The van der Waals surface area contributed by atoms with Crippen molar-refractivity contribution in [2.24, 2.45) is 7.05 Å².